The van der Waals surface area contributed by atoms with Crippen molar-refractivity contribution in [2.24, 2.45) is 0 Å². The van der Waals surface area contributed by atoms with Crippen molar-refractivity contribution in [1.29, 1.82) is 0 Å². The molecule has 1 unspecified atom stereocenters. The fraction of sp³-hybridized carbons (Fsp3) is 0.211. The molecule has 0 bridgehead atoms. The molecule has 2 aromatic carbocycles. The molecule has 1 aromatic heterocycles. The minimum absolute atomic E-state index is 0.0260. The summed E-state index contributed by atoms with van der Waals surface area (Å²) in [7, 11) is 1.84. The molecule has 1 atom stereocenters. The maximum atomic E-state index is 12.7. The van der Waals surface area contributed by atoms with E-state index in [9.17, 15) is 4.79 Å². The summed E-state index contributed by atoms with van der Waals surface area (Å²) in [6.07, 6.45) is 3.16. The molecule has 3 rings (SSSR count). The largest absolute Gasteiger partial charge is 0.335 e. The quantitative estimate of drug-likeness (QED) is 0.740. The van der Waals surface area contributed by atoms with Gasteiger partial charge in [-0.2, -0.15) is 5.10 Å². The van der Waals surface area contributed by atoms with Crippen molar-refractivity contribution in [3.8, 4) is 5.69 Å². The average molecular weight is 320 g/mol. The molecule has 0 N–H and O–H groups in total. The van der Waals surface area contributed by atoms with Gasteiger partial charge in [0.15, 0.2) is 0 Å². The molecule has 0 aliphatic rings. The number of rotatable bonds is 4. The topological polar surface area (TPSA) is 51.0 Å². The van der Waals surface area contributed by atoms with Crippen molar-refractivity contribution in [3.05, 3.63) is 77.9 Å². The van der Waals surface area contributed by atoms with Crippen LogP contribution in [-0.4, -0.2) is 32.6 Å². The zero-order valence-corrected chi connectivity index (χ0v) is 14.0. The number of carbonyl (C=O) groups is 1. The molecule has 0 fully saturated rings. The van der Waals surface area contributed by atoms with Crippen LogP contribution in [0.4, 0.5) is 0 Å². The lowest BCUT2D eigenvalue weighted by molar-refractivity contribution is 0.0742. The molecule has 5 heteroatoms. The highest BCUT2D eigenvalue weighted by Crippen LogP contribution is 2.22. The van der Waals surface area contributed by atoms with Gasteiger partial charge < -0.3 is 4.90 Å². The smallest absolute Gasteiger partial charge is 0.254 e. The van der Waals surface area contributed by atoms with Crippen LogP contribution in [0.15, 0.2) is 61.2 Å². The molecular formula is C19H20N4O. The van der Waals surface area contributed by atoms with E-state index < -0.39 is 0 Å². The van der Waals surface area contributed by atoms with Crippen LogP contribution in [0.3, 0.4) is 0 Å². The van der Waals surface area contributed by atoms with Crippen molar-refractivity contribution in [3.63, 3.8) is 0 Å². The lowest BCUT2D eigenvalue weighted by atomic mass is 10.0. The van der Waals surface area contributed by atoms with Crippen LogP contribution < -0.4 is 0 Å². The highest BCUT2D eigenvalue weighted by Gasteiger charge is 2.20. The number of hydrogen-bond acceptors (Lipinski definition) is 3. The maximum Gasteiger partial charge on any atom is 0.254 e. The SMILES string of the molecule is Cc1ccccc1C(=O)N(C)C(C)c1ccc(-n2cncn2)cc1. The summed E-state index contributed by atoms with van der Waals surface area (Å²) in [6.45, 7) is 3.99. The van der Waals surface area contributed by atoms with Crippen molar-refractivity contribution < 1.29 is 4.79 Å². The number of aryl methyl sites for hydroxylation is 1. The predicted molar refractivity (Wildman–Crippen MR) is 93.0 cm³/mol. The van der Waals surface area contributed by atoms with E-state index in [0.29, 0.717) is 0 Å². The first-order valence-electron chi connectivity index (χ1n) is 7.85. The molecule has 0 radical (unpaired) electrons. The molecule has 1 amide bonds. The first-order chi connectivity index (χ1) is 11.6. The molecule has 0 saturated heterocycles. The number of benzene rings is 2. The molecule has 3 aromatic rings. The summed E-state index contributed by atoms with van der Waals surface area (Å²) < 4.78 is 1.71. The number of amides is 1. The number of aromatic nitrogens is 3. The average Bonchev–Trinajstić information content (AvgIpc) is 3.15. The van der Waals surface area contributed by atoms with E-state index in [1.54, 1.807) is 15.9 Å². The van der Waals surface area contributed by atoms with Crippen molar-refractivity contribution in [2.75, 3.05) is 7.05 Å². The van der Waals surface area contributed by atoms with Gasteiger partial charge in [-0.15, -0.1) is 0 Å². The van der Waals surface area contributed by atoms with Gasteiger partial charge in [0.05, 0.1) is 11.7 Å². The van der Waals surface area contributed by atoms with Crippen LogP contribution in [0.5, 0.6) is 0 Å². The summed E-state index contributed by atoms with van der Waals surface area (Å²) >= 11 is 0. The fourth-order valence-corrected chi connectivity index (χ4v) is 2.65. The van der Waals surface area contributed by atoms with Gasteiger partial charge in [-0.05, 0) is 43.2 Å². The number of carbonyl (C=O) groups excluding carboxylic acids is 1. The van der Waals surface area contributed by atoms with Gasteiger partial charge in [0.1, 0.15) is 12.7 Å². The highest BCUT2D eigenvalue weighted by molar-refractivity contribution is 5.95. The van der Waals surface area contributed by atoms with Gasteiger partial charge in [0, 0.05) is 12.6 Å². The molecule has 0 aliphatic heterocycles. The maximum absolute atomic E-state index is 12.7. The summed E-state index contributed by atoms with van der Waals surface area (Å²) in [4.78, 5) is 18.5. The fourth-order valence-electron chi connectivity index (χ4n) is 2.65. The predicted octanol–water partition coefficient (Wildman–Crippen LogP) is 3.41. The van der Waals surface area contributed by atoms with Gasteiger partial charge in [-0.1, -0.05) is 30.3 Å². The minimum Gasteiger partial charge on any atom is -0.335 e. The second-order valence-electron chi connectivity index (χ2n) is 5.84. The Balaban J connectivity index is 1.79. The van der Waals surface area contributed by atoms with Crippen LogP contribution in [0, 0.1) is 6.92 Å². The Morgan fingerprint density at radius 2 is 1.83 bits per heavy atom. The summed E-state index contributed by atoms with van der Waals surface area (Å²) in [5.41, 5.74) is 3.74. The number of nitrogens with zero attached hydrogens (tertiary/aromatic N) is 4. The first kappa shape index (κ1) is 15.9. The third-order valence-electron chi connectivity index (χ3n) is 4.34. The Kier molecular flexibility index (Phi) is 4.42. The third kappa shape index (κ3) is 3.06. The molecule has 24 heavy (non-hydrogen) atoms. The third-order valence-corrected chi connectivity index (χ3v) is 4.34. The van der Waals surface area contributed by atoms with Gasteiger partial charge in [0.2, 0.25) is 0 Å². The lowest BCUT2D eigenvalue weighted by Gasteiger charge is -2.26. The van der Waals surface area contributed by atoms with Crippen molar-refractivity contribution in [2.45, 2.75) is 19.9 Å². The number of hydrogen-bond donors (Lipinski definition) is 0. The Morgan fingerprint density at radius 1 is 1.12 bits per heavy atom. The van der Waals surface area contributed by atoms with E-state index in [2.05, 4.69) is 10.1 Å². The van der Waals surface area contributed by atoms with E-state index in [1.165, 1.54) is 6.33 Å². The Hall–Kier alpha value is -2.95. The zero-order chi connectivity index (χ0) is 17.1. The van der Waals surface area contributed by atoms with Gasteiger partial charge in [0.25, 0.3) is 5.91 Å². The van der Waals surface area contributed by atoms with Gasteiger partial charge in [-0.3, -0.25) is 4.79 Å². The highest BCUT2D eigenvalue weighted by atomic mass is 16.2. The normalized spacial score (nSPS) is 12.0. The van der Waals surface area contributed by atoms with E-state index in [1.807, 2.05) is 69.4 Å². The molecular weight excluding hydrogens is 300 g/mol. The zero-order valence-electron chi connectivity index (χ0n) is 14.0. The van der Waals surface area contributed by atoms with Crippen molar-refractivity contribution >= 4 is 5.91 Å². The molecule has 0 aliphatic carbocycles. The molecule has 122 valence electrons. The molecule has 5 nitrogen and oxygen atoms in total. The van der Waals surface area contributed by atoms with E-state index >= 15 is 0 Å². The van der Waals surface area contributed by atoms with E-state index in [-0.39, 0.29) is 11.9 Å². The first-order valence-corrected chi connectivity index (χ1v) is 7.85. The Morgan fingerprint density at radius 3 is 2.46 bits per heavy atom. The summed E-state index contributed by atoms with van der Waals surface area (Å²) in [6, 6.07) is 15.6. The monoisotopic (exact) mass is 320 g/mol. The van der Waals surface area contributed by atoms with E-state index in [4.69, 9.17) is 0 Å². The summed E-state index contributed by atoms with van der Waals surface area (Å²) in [5, 5.41) is 4.11. The van der Waals surface area contributed by atoms with Crippen LogP contribution in [-0.2, 0) is 0 Å². The standard InChI is InChI=1S/C19H20N4O/c1-14-6-4-5-7-18(14)19(24)22(3)15(2)16-8-10-17(11-9-16)23-13-20-12-21-23/h4-13,15H,1-3H3. The second kappa shape index (κ2) is 6.66. The Labute approximate surface area is 141 Å². The Bertz CT molecular complexity index is 825. The lowest BCUT2D eigenvalue weighted by Crippen LogP contribution is -2.30. The van der Waals surface area contributed by atoms with Crippen LogP contribution in [0.1, 0.15) is 34.5 Å². The second-order valence-corrected chi connectivity index (χ2v) is 5.84. The van der Waals surface area contributed by atoms with Crippen LogP contribution in [0.25, 0.3) is 5.69 Å². The molecule has 0 spiro atoms. The summed E-state index contributed by atoms with van der Waals surface area (Å²) in [5.74, 6) is 0.0287. The van der Waals surface area contributed by atoms with Gasteiger partial charge in [-0.25, -0.2) is 9.67 Å². The van der Waals surface area contributed by atoms with Crippen LogP contribution in [0.2, 0.25) is 0 Å². The molecule has 1 heterocycles. The van der Waals surface area contributed by atoms with E-state index in [0.717, 1.165) is 22.4 Å². The minimum atomic E-state index is -0.0260. The molecule has 0 saturated carbocycles. The van der Waals surface area contributed by atoms with Gasteiger partial charge >= 0.3 is 0 Å². The van der Waals surface area contributed by atoms with Crippen LogP contribution >= 0.6 is 0 Å². The van der Waals surface area contributed by atoms with Crippen molar-refractivity contribution in [1.82, 2.24) is 19.7 Å².